The monoisotopic (exact) mass is 680 g/mol. The number of carbonyl (C=O) groups is 2. The summed E-state index contributed by atoms with van der Waals surface area (Å²) in [5.41, 5.74) is -0.934. The molecule has 9 heteroatoms. The molecule has 2 N–H and O–H groups in total. The van der Waals surface area contributed by atoms with Gasteiger partial charge in [-0.15, -0.1) is 0 Å². The van der Waals surface area contributed by atoms with Crippen molar-refractivity contribution in [2.45, 2.75) is 100 Å². The maximum Gasteiger partial charge on any atom is 0.338 e. The van der Waals surface area contributed by atoms with Gasteiger partial charge in [0, 0.05) is 30.1 Å². The molecule has 2 bridgehead atoms. The second kappa shape index (κ2) is 10.7. The van der Waals surface area contributed by atoms with Crippen LogP contribution >= 0.6 is 22.6 Å². The average Bonchev–Trinajstić information content (AvgIpc) is 2.90. The van der Waals surface area contributed by atoms with E-state index in [1.165, 1.54) is 13.0 Å². The van der Waals surface area contributed by atoms with E-state index in [0.29, 0.717) is 37.9 Å². The minimum Gasteiger partial charge on any atom is -0.458 e. The van der Waals surface area contributed by atoms with Crippen molar-refractivity contribution < 1.29 is 38.7 Å². The highest BCUT2D eigenvalue weighted by Crippen LogP contribution is 2.66. The fourth-order valence-corrected chi connectivity index (χ4v) is 9.84. The van der Waals surface area contributed by atoms with E-state index in [0.717, 1.165) is 11.1 Å². The first-order valence-electron chi connectivity index (χ1n) is 14.3. The normalized spacial score (nSPS) is 40.0. The zero-order valence-corrected chi connectivity index (χ0v) is 26.6. The first-order valence-corrected chi connectivity index (χ1v) is 15.4. The third-order valence-electron chi connectivity index (χ3n) is 10.3. The third-order valence-corrected chi connectivity index (χ3v) is 12.0. The summed E-state index contributed by atoms with van der Waals surface area (Å²) in [7, 11) is 0. The van der Waals surface area contributed by atoms with Crippen LogP contribution in [-0.4, -0.2) is 68.5 Å². The Morgan fingerprint density at radius 1 is 1.20 bits per heavy atom. The van der Waals surface area contributed by atoms with Crippen molar-refractivity contribution in [3.8, 4) is 0 Å². The molecule has 1 aliphatic heterocycles. The van der Waals surface area contributed by atoms with Crippen LogP contribution < -0.4 is 0 Å². The van der Waals surface area contributed by atoms with Gasteiger partial charge in [-0.1, -0.05) is 73.7 Å². The van der Waals surface area contributed by atoms with E-state index in [-0.39, 0.29) is 6.10 Å². The van der Waals surface area contributed by atoms with Crippen LogP contribution in [0, 0.1) is 16.7 Å². The van der Waals surface area contributed by atoms with Crippen molar-refractivity contribution in [1.82, 2.24) is 0 Å². The van der Waals surface area contributed by atoms with Gasteiger partial charge in [-0.25, -0.2) is 4.79 Å². The Balaban J connectivity index is 1.75. The van der Waals surface area contributed by atoms with Crippen LogP contribution in [0.15, 0.2) is 54.1 Å². The van der Waals surface area contributed by atoms with Crippen LogP contribution in [0.3, 0.4) is 0 Å². The molecule has 1 heterocycles. The van der Waals surface area contributed by atoms with E-state index in [4.69, 9.17) is 18.9 Å². The lowest BCUT2D eigenvalue weighted by Gasteiger charge is -2.68. The maximum atomic E-state index is 13.8. The lowest BCUT2D eigenvalue weighted by molar-refractivity contribution is -0.285. The van der Waals surface area contributed by atoms with E-state index < -0.39 is 62.3 Å². The van der Waals surface area contributed by atoms with E-state index in [9.17, 15) is 19.8 Å². The SMILES string of the molecule is C=C[C@H](O)O[C@H]1C[C@H]2OC[C@@]2(I)[C@@H]2[C@H](OC(=O)c3ccccc3)[C@]3(O)CCC(C)=C([C@@H](OC(C)=O)C[C@]12C)C3(C)C. The number of ether oxygens (including phenoxy) is 4. The summed E-state index contributed by atoms with van der Waals surface area (Å²) < 4.78 is 24.3. The molecule has 5 rings (SSSR count). The summed E-state index contributed by atoms with van der Waals surface area (Å²) in [5.74, 6) is -1.40. The van der Waals surface area contributed by atoms with Crippen molar-refractivity contribution >= 4 is 34.5 Å². The second-order valence-corrected chi connectivity index (χ2v) is 14.9. The molecule has 41 heavy (non-hydrogen) atoms. The van der Waals surface area contributed by atoms with Gasteiger partial charge < -0.3 is 29.2 Å². The summed E-state index contributed by atoms with van der Waals surface area (Å²) in [6, 6.07) is 8.80. The lowest BCUT2D eigenvalue weighted by Crippen LogP contribution is -2.77. The highest BCUT2D eigenvalue weighted by atomic mass is 127. The number of fused-ring (bicyclic) bond motifs is 5. The van der Waals surface area contributed by atoms with Gasteiger partial charge in [-0.2, -0.15) is 0 Å². The van der Waals surface area contributed by atoms with Gasteiger partial charge in [-0.05, 0) is 50.0 Å². The largest absolute Gasteiger partial charge is 0.458 e. The molecule has 224 valence electrons. The number of allylic oxidation sites excluding steroid dienone is 1. The zero-order valence-electron chi connectivity index (χ0n) is 24.4. The number of hydrogen-bond donors (Lipinski definition) is 2. The maximum absolute atomic E-state index is 13.8. The van der Waals surface area contributed by atoms with Crippen molar-refractivity contribution in [2.24, 2.45) is 16.7 Å². The Morgan fingerprint density at radius 2 is 1.88 bits per heavy atom. The molecule has 0 radical (unpaired) electrons. The molecule has 3 aliphatic carbocycles. The number of benzene rings is 1. The molecule has 1 saturated heterocycles. The number of halogens is 1. The van der Waals surface area contributed by atoms with Crippen LogP contribution in [0.4, 0.5) is 0 Å². The molecule has 1 aromatic carbocycles. The predicted octanol–water partition coefficient (Wildman–Crippen LogP) is 4.90. The molecule has 2 saturated carbocycles. The molecule has 1 aromatic rings. The van der Waals surface area contributed by atoms with Crippen LogP contribution in [0.5, 0.6) is 0 Å². The smallest absolute Gasteiger partial charge is 0.338 e. The first-order chi connectivity index (χ1) is 19.2. The Bertz CT molecular complexity index is 1250. The van der Waals surface area contributed by atoms with Gasteiger partial charge >= 0.3 is 11.9 Å². The van der Waals surface area contributed by atoms with E-state index in [2.05, 4.69) is 29.2 Å². The number of alkyl halides is 1. The van der Waals surface area contributed by atoms with Crippen molar-refractivity contribution in [2.75, 3.05) is 6.61 Å². The Labute approximate surface area is 255 Å². The molecule has 8 nitrogen and oxygen atoms in total. The standard InChI is InChI=1S/C32H41IO8/c1-7-24(35)40-22-15-23-31(33,17-38-23)26-27(41-28(36)20-11-9-8-10-12-20)32(37)14-13-18(2)25(29(32,4)5)21(39-19(3)34)16-30(22,26)6/h7-12,21-24,26-27,35,37H,1,13-17H2,2-6H3/t21-,22-,23+,24+,26+,27-,30+,31-,32+/m0/s1. The fourth-order valence-electron chi connectivity index (χ4n) is 8.19. The Kier molecular flexibility index (Phi) is 8.03. The van der Waals surface area contributed by atoms with Crippen LogP contribution in [-0.2, 0) is 23.7 Å². The van der Waals surface area contributed by atoms with Crippen molar-refractivity contribution in [3.63, 3.8) is 0 Å². The molecule has 0 unspecified atom stereocenters. The summed E-state index contributed by atoms with van der Waals surface area (Å²) in [5, 5.41) is 23.5. The molecule has 0 aromatic heterocycles. The highest BCUT2D eigenvalue weighted by molar-refractivity contribution is 14.1. The molecule has 9 atom stereocenters. The van der Waals surface area contributed by atoms with Gasteiger partial charge in [0.1, 0.15) is 17.8 Å². The minimum atomic E-state index is -1.51. The highest BCUT2D eigenvalue weighted by Gasteiger charge is 2.73. The summed E-state index contributed by atoms with van der Waals surface area (Å²) in [6.07, 6.45) is -0.563. The molecule has 4 aliphatic rings. The van der Waals surface area contributed by atoms with Crippen LogP contribution in [0.2, 0.25) is 0 Å². The number of hydrogen-bond acceptors (Lipinski definition) is 8. The van der Waals surface area contributed by atoms with Crippen molar-refractivity contribution in [3.05, 3.63) is 59.7 Å². The van der Waals surface area contributed by atoms with E-state index in [1.807, 2.05) is 33.8 Å². The summed E-state index contributed by atoms with van der Waals surface area (Å²) >= 11 is 2.43. The number of aliphatic hydroxyl groups is 2. The van der Waals surface area contributed by atoms with E-state index in [1.54, 1.807) is 24.3 Å². The number of esters is 2. The quantitative estimate of drug-likeness (QED) is 0.144. The van der Waals surface area contributed by atoms with Crippen LogP contribution in [0.1, 0.15) is 70.7 Å². The number of carbonyl (C=O) groups excluding carboxylic acids is 2. The van der Waals surface area contributed by atoms with E-state index >= 15 is 0 Å². The zero-order chi connectivity index (χ0) is 30.0. The lowest BCUT2D eigenvalue weighted by atomic mass is 9.46. The average molecular weight is 681 g/mol. The second-order valence-electron chi connectivity index (χ2n) is 12.9. The topological polar surface area (TPSA) is 112 Å². The summed E-state index contributed by atoms with van der Waals surface area (Å²) in [6.45, 7) is 13.5. The third kappa shape index (κ3) is 4.80. The van der Waals surface area contributed by atoms with Gasteiger partial charge in [0.2, 0.25) is 0 Å². The molecular weight excluding hydrogens is 639 g/mol. The molecule has 3 fully saturated rings. The van der Waals surface area contributed by atoms with Gasteiger partial charge in [-0.3, -0.25) is 4.79 Å². The number of rotatable bonds is 6. The van der Waals surface area contributed by atoms with Crippen LogP contribution in [0.25, 0.3) is 0 Å². The molecule has 0 amide bonds. The summed E-state index contributed by atoms with van der Waals surface area (Å²) in [4.78, 5) is 26.3. The predicted molar refractivity (Wildman–Crippen MR) is 160 cm³/mol. The Hall–Kier alpha value is -1.79. The van der Waals surface area contributed by atoms with Gasteiger partial charge in [0.05, 0.1) is 27.8 Å². The Morgan fingerprint density at radius 3 is 2.46 bits per heavy atom. The molecule has 0 spiro atoms. The van der Waals surface area contributed by atoms with Gasteiger partial charge in [0.15, 0.2) is 6.29 Å². The van der Waals surface area contributed by atoms with Crippen molar-refractivity contribution in [1.29, 1.82) is 0 Å². The fraction of sp³-hybridized carbons (Fsp3) is 0.625. The minimum absolute atomic E-state index is 0.250. The molecular formula is C32H41IO8. The number of aliphatic hydroxyl groups excluding tert-OH is 1. The van der Waals surface area contributed by atoms with Gasteiger partial charge in [0.25, 0.3) is 0 Å². The first kappa shape index (κ1) is 30.7.